The highest BCUT2D eigenvalue weighted by Crippen LogP contribution is 2.45. The molecule has 1 N–H and O–H groups in total. The van der Waals surface area contributed by atoms with E-state index in [9.17, 15) is 19.3 Å². The van der Waals surface area contributed by atoms with Gasteiger partial charge in [-0.05, 0) is 47.2 Å². The molecule has 2 heterocycles. The number of benzene rings is 2. The van der Waals surface area contributed by atoms with Gasteiger partial charge in [0.2, 0.25) is 11.1 Å². The number of halogens is 1. The number of nitrogens with one attached hydrogen (secondary N) is 1. The zero-order valence-electron chi connectivity index (χ0n) is 18.6. The molecule has 0 saturated carbocycles. The standard InChI is InChI=1S/C24H22FN5O3S/c1-24(2)11-18-20(19(31)12-24)21(15-6-8-17(9-7-15)30(32)33)29-22(26-18)27-23(28-29)34-13-14-4-3-5-16(25)10-14/h3-10,21H,11-13H2,1-2H3,(H,26,27,28)/t21-/m0/s1. The first-order valence-corrected chi connectivity index (χ1v) is 11.8. The molecule has 0 radical (unpaired) electrons. The van der Waals surface area contributed by atoms with Crippen molar-refractivity contribution in [2.75, 3.05) is 5.32 Å². The maximum Gasteiger partial charge on any atom is 0.269 e. The normalized spacial score (nSPS) is 18.8. The molecular weight excluding hydrogens is 457 g/mol. The summed E-state index contributed by atoms with van der Waals surface area (Å²) in [5.74, 6) is 0.724. The molecule has 34 heavy (non-hydrogen) atoms. The molecule has 3 aromatic rings. The number of thioether (sulfide) groups is 1. The number of nitrogens with zero attached hydrogens (tertiary/aromatic N) is 4. The van der Waals surface area contributed by atoms with Crippen molar-refractivity contribution in [3.63, 3.8) is 0 Å². The van der Waals surface area contributed by atoms with E-state index in [1.807, 2.05) is 6.07 Å². The van der Waals surface area contributed by atoms with Gasteiger partial charge in [-0.3, -0.25) is 14.9 Å². The molecule has 1 aliphatic heterocycles. The summed E-state index contributed by atoms with van der Waals surface area (Å²) < 4.78 is 15.2. The number of aromatic nitrogens is 3. The van der Waals surface area contributed by atoms with Gasteiger partial charge in [0.25, 0.3) is 5.69 Å². The summed E-state index contributed by atoms with van der Waals surface area (Å²) in [5, 5.41) is 19.6. The van der Waals surface area contributed by atoms with Crippen LogP contribution in [0.25, 0.3) is 0 Å². The van der Waals surface area contributed by atoms with Crippen LogP contribution in [0.5, 0.6) is 0 Å². The molecule has 0 spiro atoms. The molecule has 0 saturated heterocycles. The number of hydrogen-bond donors (Lipinski definition) is 1. The van der Waals surface area contributed by atoms with Crippen LogP contribution < -0.4 is 5.32 Å². The van der Waals surface area contributed by atoms with Crippen LogP contribution in [0.3, 0.4) is 0 Å². The van der Waals surface area contributed by atoms with Gasteiger partial charge in [0, 0.05) is 35.6 Å². The largest absolute Gasteiger partial charge is 0.328 e. The fourth-order valence-electron chi connectivity index (χ4n) is 4.51. The summed E-state index contributed by atoms with van der Waals surface area (Å²) in [6, 6.07) is 12.0. The summed E-state index contributed by atoms with van der Waals surface area (Å²) in [4.78, 5) is 28.6. The molecule has 0 bridgehead atoms. The number of fused-ring (bicyclic) bond motifs is 1. The highest BCUT2D eigenvalue weighted by atomic mass is 32.2. The van der Waals surface area contributed by atoms with Crippen molar-refractivity contribution in [1.29, 1.82) is 0 Å². The Balaban J connectivity index is 1.53. The Kier molecular flexibility index (Phi) is 5.47. The minimum atomic E-state index is -0.535. The molecule has 8 nitrogen and oxygen atoms in total. The van der Waals surface area contributed by atoms with Crippen LogP contribution in [-0.4, -0.2) is 25.5 Å². The molecule has 1 aliphatic carbocycles. The lowest BCUT2D eigenvalue weighted by Crippen LogP contribution is -2.36. The summed E-state index contributed by atoms with van der Waals surface area (Å²) in [5.41, 5.74) is 2.75. The molecule has 0 amide bonds. The topological polar surface area (TPSA) is 103 Å². The van der Waals surface area contributed by atoms with Crippen LogP contribution in [0.15, 0.2) is 65.0 Å². The van der Waals surface area contributed by atoms with Crippen LogP contribution in [0.1, 0.15) is 43.9 Å². The maximum absolute atomic E-state index is 13.5. The maximum atomic E-state index is 13.5. The van der Waals surface area contributed by atoms with E-state index >= 15 is 0 Å². The number of ketones is 1. The molecule has 0 unspecified atom stereocenters. The number of anilines is 1. The molecule has 1 aromatic heterocycles. The Hall–Kier alpha value is -3.53. The molecule has 1 atom stereocenters. The fourth-order valence-corrected chi connectivity index (χ4v) is 5.28. The smallest absolute Gasteiger partial charge is 0.269 e. The van der Waals surface area contributed by atoms with Crippen LogP contribution in [-0.2, 0) is 10.5 Å². The van der Waals surface area contributed by atoms with Crippen LogP contribution in [0.4, 0.5) is 16.0 Å². The van der Waals surface area contributed by atoms with E-state index < -0.39 is 11.0 Å². The molecule has 10 heteroatoms. The van der Waals surface area contributed by atoms with Gasteiger partial charge in [0.1, 0.15) is 11.9 Å². The first-order valence-electron chi connectivity index (χ1n) is 10.8. The lowest BCUT2D eigenvalue weighted by molar-refractivity contribution is -0.384. The van der Waals surface area contributed by atoms with E-state index in [0.717, 1.165) is 16.8 Å². The third-order valence-corrected chi connectivity index (χ3v) is 6.90. The third kappa shape index (κ3) is 4.21. The molecule has 174 valence electrons. The molecule has 5 rings (SSSR count). The number of nitro benzene ring substituents is 1. The number of hydrogen-bond acceptors (Lipinski definition) is 7. The van der Waals surface area contributed by atoms with Crippen LogP contribution >= 0.6 is 11.8 Å². The predicted molar refractivity (Wildman–Crippen MR) is 126 cm³/mol. The van der Waals surface area contributed by atoms with Gasteiger partial charge in [-0.15, -0.1) is 5.10 Å². The summed E-state index contributed by atoms with van der Waals surface area (Å²) >= 11 is 1.37. The van der Waals surface area contributed by atoms with Gasteiger partial charge in [-0.1, -0.05) is 37.7 Å². The third-order valence-electron chi connectivity index (χ3n) is 5.99. The first-order chi connectivity index (χ1) is 16.2. The average molecular weight is 480 g/mol. The summed E-state index contributed by atoms with van der Waals surface area (Å²) in [6.45, 7) is 4.10. The Morgan fingerprint density at radius 1 is 1.24 bits per heavy atom. The van der Waals surface area contributed by atoms with Crippen LogP contribution in [0.2, 0.25) is 0 Å². The predicted octanol–water partition coefficient (Wildman–Crippen LogP) is 5.28. The van der Waals surface area contributed by atoms with E-state index in [1.165, 1.54) is 36.0 Å². The van der Waals surface area contributed by atoms with Crippen molar-refractivity contribution in [2.24, 2.45) is 5.41 Å². The molecule has 2 aromatic carbocycles. The minimum absolute atomic E-state index is 0.0202. The monoisotopic (exact) mass is 479 g/mol. The van der Waals surface area contributed by atoms with E-state index in [4.69, 9.17) is 0 Å². The van der Waals surface area contributed by atoms with Crippen molar-refractivity contribution in [3.05, 3.63) is 86.9 Å². The quantitative estimate of drug-likeness (QED) is 0.302. The van der Waals surface area contributed by atoms with Gasteiger partial charge < -0.3 is 5.32 Å². The Morgan fingerprint density at radius 2 is 2.00 bits per heavy atom. The Bertz CT molecular complexity index is 1330. The Morgan fingerprint density at radius 3 is 2.71 bits per heavy atom. The number of rotatable bonds is 5. The van der Waals surface area contributed by atoms with Crippen molar-refractivity contribution < 1.29 is 14.1 Å². The molecule has 2 aliphatic rings. The second kappa shape index (κ2) is 8.35. The number of carbonyl (C=O) groups excluding carboxylic acids is 1. The van der Waals surface area contributed by atoms with Crippen molar-refractivity contribution in [1.82, 2.24) is 14.8 Å². The SMILES string of the molecule is CC1(C)CC(=O)C2=C(C1)Nc1nc(SCc3cccc(F)c3)nn1[C@H]2c1ccc([N+](=O)[O-])cc1. The van der Waals surface area contributed by atoms with Crippen molar-refractivity contribution >= 4 is 29.2 Å². The summed E-state index contributed by atoms with van der Waals surface area (Å²) in [7, 11) is 0. The summed E-state index contributed by atoms with van der Waals surface area (Å²) in [6.07, 6.45) is 1.08. The number of carbonyl (C=O) groups is 1. The zero-order chi connectivity index (χ0) is 24.0. The molecular formula is C24H22FN5O3S. The van der Waals surface area contributed by atoms with Gasteiger partial charge in [0.05, 0.1) is 4.92 Å². The minimum Gasteiger partial charge on any atom is -0.328 e. The Labute approximate surface area is 199 Å². The van der Waals surface area contributed by atoms with E-state index in [0.29, 0.717) is 35.3 Å². The highest BCUT2D eigenvalue weighted by molar-refractivity contribution is 7.98. The average Bonchev–Trinajstić information content (AvgIpc) is 3.18. The van der Waals surface area contributed by atoms with Crippen molar-refractivity contribution in [3.8, 4) is 0 Å². The van der Waals surface area contributed by atoms with Gasteiger partial charge in [0.15, 0.2) is 5.78 Å². The lowest BCUT2D eigenvalue weighted by Gasteiger charge is -2.38. The van der Waals surface area contributed by atoms with E-state index in [2.05, 4.69) is 29.2 Å². The lowest BCUT2D eigenvalue weighted by atomic mass is 9.73. The van der Waals surface area contributed by atoms with E-state index in [-0.39, 0.29) is 22.7 Å². The zero-order valence-corrected chi connectivity index (χ0v) is 19.4. The molecule has 0 fully saturated rings. The fraction of sp³-hybridized carbons (Fsp3) is 0.292. The second-order valence-electron chi connectivity index (χ2n) is 9.29. The number of non-ortho nitro benzene ring substituents is 1. The number of allylic oxidation sites excluding steroid dienone is 2. The van der Waals surface area contributed by atoms with Crippen LogP contribution in [0, 0.1) is 21.3 Å². The van der Waals surface area contributed by atoms with Crippen molar-refractivity contribution in [2.45, 2.75) is 43.6 Å². The number of Topliss-reactive ketones (excluding diaryl/α,β-unsaturated/α-hetero) is 1. The highest BCUT2D eigenvalue weighted by Gasteiger charge is 2.42. The van der Waals surface area contributed by atoms with Gasteiger partial charge in [-0.25, -0.2) is 9.07 Å². The van der Waals surface area contributed by atoms with E-state index in [1.54, 1.807) is 22.9 Å². The van der Waals surface area contributed by atoms with Gasteiger partial charge >= 0.3 is 0 Å². The van der Waals surface area contributed by atoms with Gasteiger partial charge in [-0.2, -0.15) is 4.98 Å². The second-order valence-corrected chi connectivity index (χ2v) is 10.2. The number of nitro groups is 1. The first kappa shape index (κ1) is 22.3.